The van der Waals surface area contributed by atoms with Crippen molar-refractivity contribution < 1.29 is 19.9 Å². The van der Waals surface area contributed by atoms with Crippen LogP contribution in [0.15, 0.2) is 54.6 Å². The number of benzene rings is 2. The van der Waals surface area contributed by atoms with Gasteiger partial charge in [0.2, 0.25) is 0 Å². The predicted molar refractivity (Wildman–Crippen MR) is 89.5 cm³/mol. The minimum absolute atomic E-state index is 0.143. The van der Waals surface area contributed by atoms with Crippen LogP contribution in [0.5, 0.6) is 0 Å². The number of aliphatic hydroxyl groups is 1. The number of hydrogen-bond acceptors (Lipinski definition) is 3. The van der Waals surface area contributed by atoms with E-state index < -0.39 is 5.97 Å². The van der Waals surface area contributed by atoms with Gasteiger partial charge in [-0.05, 0) is 30.2 Å². The highest BCUT2D eigenvalue weighted by Gasteiger charge is 2.20. The van der Waals surface area contributed by atoms with Gasteiger partial charge in [0.25, 0.3) is 0 Å². The monoisotopic (exact) mass is 335 g/mol. The molecule has 0 saturated carbocycles. The third-order valence-electron chi connectivity index (χ3n) is 3.61. The van der Waals surface area contributed by atoms with Crippen molar-refractivity contribution in [1.82, 2.24) is 0 Å². The summed E-state index contributed by atoms with van der Waals surface area (Å²) in [5.41, 5.74) is 1.14. The highest BCUT2D eigenvalue weighted by Crippen LogP contribution is 2.13. The van der Waals surface area contributed by atoms with Crippen LogP contribution in [0.1, 0.15) is 28.9 Å². The maximum absolute atomic E-state index is 10.2. The summed E-state index contributed by atoms with van der Waals surface area (Å²) >= 11 is 5.50. The van der Waals surface area contributed by atoms with E-state index in [0.29, 0.717) is 5.02 Å². The number of likely N-dealkylation sites (N-methyl/N-ethyl adjacent to an activating group) is 1. The van der Waals surface area contributed by atoms with Gasteiger partial charge in [-0.25, -0.2) is 0 Å². The van der Waals surface area contributed by atoms with Crippen molar-refractivity contribution >= 4 is 17.6 Å². The molecule has 2 atom stereocenters. The number of nitrogens with one attached hydrogen (secondary N) is 1. The van der Waals surface area contributed by atoms with Gasteiger partial charge in [0.15, 0.2) is 0 Å². The second-order valence-electron chi connectivity index (χ2n) is 5.52. The van der Waals surface area contributed by atoms with Gasteiger partial charge < -0.3 is 19.9 Å². The van der Waals surface area contributed by atoms with E-state index in [2.05, 4.69) is 14.1 Å². The minimum atomic E-state index is -1.18. The average Bonchev–Trinajstić information content (AvgIpc) is 2.55. The number of carboxylic acids is 1. The van der Waals surface area contributed by atoms with E-state index in [0.717, 1.165) is 5.56 Å². The SMILES string of the molecule is C[C@@H]([C@H](O)c1ccccc1)[NH+](C)C.O=C([O-])c1ccc(Cl)cc1. The Morgan fingerprint density at radius 3 is 2.04 bits per heavy atom. The van der Waals surface area contributed by atoms with Gasteiger partial charge in [-0.1, -0.05) is 54.1 Å². The fourth-order valence-electron chi connectivity index (χ4n) is 1.84. The lowest BCUT2D eigenvalue weighted by Gasteiger charge is -2.22. The normalized spacial score (nSPS) is 13.0. The van der Waals surface area contributed by atoms with Crippen LogP contribution < -0.4 is 10.0 Å². The van der Waals surface area contributed by atoms with Crippen LogP contribution in [0.4, 0.5) is 0 Å². The van der Waals surface area contributed by atoms with Crippen molar-refractivity contribution in [2.75, 3.05) is 14.1 Å². The Hall–Kier alpha value is -1.88. The quantitative estimate of drug-likeness (QED) is 0.874. The molecule has 2 rings (SSSR count). The molecule has 0 fully saturated rings. The van der Waals surface area contributed by atoms with Crippen molar-refractivity contribution in [3.05, 3.63) is 70.7 Å². The molecule has 0 radical (unpaired) electrons. The van der Waals surface area contributed by atoms with Crippen LogP contribution >= 0.6 is 11.6 Å². The number of carbonyl (C=O) groups excluding carboxylic acids is 1. The Bertz CT molecular complexity index is 599. The molecule has 0 unspecified atom stereocenters. The Kier molecular flexibility index (Phi) is 7.75. The largest absolute Gasteiger partial charge is 0.545 e. The van der Waals surface area contributed by atoms with Crippen LogP contribution in [0, 0.1) is 0 Å². The standard InChI is InChI=1S/C11H17NO.C7H5ClO2/c1-9(12(2)3)11(13)10-7-5-4-6-8-10;8-6-3-1-5(2-4-6)7(9)10/h4-9,11,13H,1-3H3;1-4H,(H,9,10)/t9-,11-;/m0./s1. The van der Waals surface area contributed by atoms with Crippen LogP contribution in [-0.2, 0) is 0 Å². The summed E-state index contributed by atoms with van der Waals surface area (Å²) in [6.07, 6.45) is -0.369. The molecule has 4 nitrogen and oxygen atoms in total. The number of quaternary nitrogens is 1. The fourth-order valence-corrected chi connectivity index (χ4v) is 1.97. The van der Waals surface area contributed by atoms with Crippen molar-refractivity contribution in [2.24, 2.45) is 0 Å². The number of carboxylic acid groups (broad SMARTS) is 1. The van der Waals surface area contributed by atoms with Crippen LogP contribution in [-0.4, -0.2) is 31.2 Å². The molecule has 0 aliphatic rings. The zero-order valence-corrected chi connectivity index (χ0v) is 14.2. The molecule has 0 bridgehead atoms. The van der Waals surface area contributed by atoms with Gasteiger partial charge in [0.05, 0.1) is 20.1 Å². The Labute approximate surface area is 141 Å². The summed E-state index contributed by atoms with van der Waals surface area (Å²) in [6, 6.07) is 15.8. The number of aromatic carboxylic acids is 1. The van der Waals surface area contributed by atoms with Gasteiger partial charge in [0, 0.05) is 5.02 Å². The summed E-state index contributed by atoms with van der Waals surface area (Å²) < 4.78 is 0. The Morgan fingerprint density at radius 2 is 1.61 bits per heavy atom. The summed E-state index contributed by atoms with van der Waals surface area (Å²) in [7, 11) is 4.10. The van der Waals surface area contributed by atoms with Crippen molar-refractivity contribution in [3.8, 4) is 0 Å². The van der Waals surface area contributed by atoms with E-state index in [1.807, 2.05) is 37.3 Å². The maximum atomic E-state index is 10.2. The zero-order valence-electron chi connectivity index (χ0n) is 13.5. The second kappa shape index (κ2) is 9.30. The molecule has 5 heteroatoms. The van der Waals surface area contributed by atoms with Crippen molar-refractivity contribution in [2.45, 2.75) is 19.1 Å². The van der Waals surface area contributed by atoms with Gasteiger partial charge in [-0.15, -0.1) is 0 Å². The van der Waals surface area contributed by atoms with E-state index in [4.69, 9.17) is 11.6 Å². The highest BCUT2D eigenvalue weighted by atomic mass is 35.5. The molecule has 0 amide bonds. The fraction of sp³-hybridized carbons (Fsp3) is 0.278. The third kappa shape index (κ3) is 6.40. The molecule has 2 N–H and O–H groups in total. The maximum Gasteiger partial charge on any atom is 0.130 e. The third-order valence-corrected chi connectivity index (χ3v) is 3.86. The van der Waals surface area contributed by atoms with Crippen molar-refractivity contribution in [3.63, 3.8) is 0 Å². The lowest BCUT2D eigenvalue weighted by atomic mass is 10.0. The molecule has 0 aliphatic heterocycles. The first-order valence-electron chi connectivity index (χ1n) is 7.33. The number of aliphatic hydroxyl groups excluding tert-OH is 1. The molecule has 0 heterocycles. The van der Waals surface area contributed by atoms with Gasteiger partial charge in [-0.3, -0.25) is 0 Å². The molecule has 23 heavy (non-hydrogen) atoms. The number of hydrogen-bond donors (Lipinski definition) is 2. The summed E-state index contributed by atoms with van der Waals surface area (Å²) in [5.74, 6) is -1.18. The van der Waals surface area contributed by atoms with Gasteiger partial charge >= 0.3 is 0 Å². The summed E-state index contributed by atoms with van der Waals surface area (Å²) in [4.78, 5) is 11.4. The molecule has 0 saturated heterocycles. The van der Waals surface area contributed by atoms with E-state index in [1.54, 1.807) is 0 Å². The second-order valence-corrected chi connectivity index (χ2v) is 5.95. The van der Waals surface area contributed by atoms with Gasteiger partial charge in [-0.2, -0.15) is 0 Å². The molecule has 124 valence electrons. The highest BCUT2D eigenvalue weighted by molar-refractivity contribution is 6.30. The van der Waals surface area contributed by atoms with E-state index >= 15 is 0 Å². The zero-order chi connectivity index (χ0) is 17.4. The van der Waals surface area contributed by atoms with Crippen molar-refractivity contribution in [1.29, 1.82) is 0 Å². The van der Waals surface area contributed by atoms with Gasteiger partial charge in [0.1, 0.15) is 12.1 Å². The van der Waals surface area contributed by atoms with E-state index in [1.165, 1.54) is 29.2 Å². The predicted octanol–water partition coefficient (Wildman–Crippen LogP) is 0.957. The molecule has 2 aromatic rings. The Morgan fingerprint density at radius 1 is 1.09 bits per heavy atom. The first kappa shape index (κ1) is 19.2. The number of rotatable bonds is 4. The van der Waals surface area contributed by atoms with Crippen LogP contribution in [0.2, 0.25) is 5.02 Å². The van der Waals surface area contributed by atoms with E-state index in [9.17, 15) is 15.0 Å². The first-order valence-corrected chi connectivity index (χ1v) is 7.70. The Balaban J connectivity index is 0.000000238. The average molecular weight is 336 g/mol. The van der Waals surface area contributed by atoms with E-state index in [-0.39, 0.29) is 17.7 Å². The topological polar surface area (TPSA) is 64.8 Å². The summed E-state index contributed by atoms with van der Waals surface area (Å²) in [6.45, 7) is 2.05. The number of carbonyl (C=O) groups is 1. The molecular weight excluding hydrogens is 314 g/mol. The lowest BCUT2D eigenvalue weighted by Crippen LogP contribution is -3.10. The molecule has 0 spiro atoms. The summed E-state index contributed by atoms with van der Waals surface area (Å²) in [5, 5.41) is 20.6. The molecule has 0 aliphatic carbocycles. The minimum Gasteiger partial charge on any atom is -0.545 e. The smallest absolute Gasteiger partial charge is 0.130 e. The van der Waals surface area contributed by atoms with Crippen LogP contribution in [0.25, 0.3) is 0 Å². The van der Waals surface area contributed by atoms with Crippen LogP contribution in [0.3, 0.4) is 0 Å². The molecule has 0 aromatic heterocycles. The first-order chi connectivity index (χ1) is 10.8. The molecular formula is C18H22ClNO3. The lowest BCUT2D eigenvalue weighted by molar-refractivity contribution is -0.888. The molecule has 2 aromatic carbocycles. The number of halogens is 1.